The Hall–Kier alpha value is 0.660. The van der Waals surface area contributed by atoms with Crippen molar-refractivity contribution < 1.29 is 39.0 Å². The molecule has 0 bridgehead atoms. The van der Waals surface area contributed by atoms with Crippen molar-refractivity contribution >= 4 is 19.6 Å². The van der Waals surface area contributed by atoms with Crippen LogP contribution in [0.15, 0.2) is 24.3 Å². The van der Waals surface area contributed by atoms with Crippen molar-refractivity contribution in [1.82, 2.24) is 0 Å². The Morgan fingerprint density at radius 1 is 1.40 bits per heavy atom. The molecule has 15 heavy (non-hydrogen) atoms. The maximum Gasteiger partial charge on any atom is 1.00 e. The molecule has 1 aromatic carbocycles. The van der Waals surface area contributed by atoms with E-state index in [1.165, 1.54) is 0 Å². The summed E-state index contributed by atoms with van der Waals surface area (Å²) in [6, 6.07) is 7.10. The minimum Gasteiger partial charge on any atom is -0.802 e. The van der Waals surface area contributed by atoms with Crippen molar-refractivity contribution in [3.63, 3.8) is 0 Å². The van der Waals surface area contributed by atoms with Crippen LogP contribution in [0.25, 0.3) is 0 Å². The third-order valence-electron chi connectivity index (χ3n) is 2.04. The zero-order chi connectivity index (χ0) is 10.6. The van der Waals surface area contributed by atoms with Gasteiger partial charge in [-0.2, -0.15) is 0 Å². The summed E-state index contributed by atoms with van der Waals surface area (Å²) in [5.41, 5.74) is 6.42. The van der Waals surface area contributed by atoms with Crippen LogP contribution in [0.2, 0.25) is 5.02 Å². The SMILES string of the molecule is NCC(C[PH](=O)[O-])c1ccc(Cl)cc1.[Na+]. The largest absolute Gasteiger partial charge is 1.00 e. The van der Waals surface area contributed by atoms with Crippen LogP contribution in [-0.2, 0) is 4.57 Å². The van der Waals surface area contributed by atoms with E-state index in [0.717, 1.165) is 5.56 Å². The Bertz CT molecular complexity index is 320. The standard InChI is InChI=1S/C9H13ClNO2P.Na/c10-9-3-1-7(2-4-9)8(5-11)6-14(12)13;/h1-4,8,14H,5-6,11H2,(H,12,13);/q;+1/p-1. The van der Waals surface area contributed by atoms with Crippen molar-refractivity contribution in [3.05, 3.63) is 34.9 Å². The first kappa shape index (κ1) is 15.7. The summed E-state index contributed by atoms with van der Waals surface area (Å²) in [6.07, 6.45) is 0.128. The zero-order valence-electron chi connectivity index (χ0n) is 8.57. The Morgan fingerprint density at radius 3 is 2.33 bits per heavy atom. The predicted octanol–water partition coefficient (Wildman–Crippen LogP) is -1.78. The van der Waals surface area contributed by atoms with Crippen molar-refractivity contribution in [2.45, 2.75) is 5.92 Å². The van der Waals surface area contributed by atoms with Crippen molar-refractivity contribution in [2.24, 2.45) is 5.73 Å². The van der Waals surface area contributed by atoms with Gasteiger partial charge < -0.3 is 15.2 Å². The van der Waals surface area contributed by atoms with Gasteiger partial charge >= 0.3 is 29.6 Å². The van der Waals surface area contributed by atoms with E-state index < -0.39 is 8.03 Å². The molecule has 2 unspecified atom stereocenters. The molecule has 3 nitrogen and oxygen atoms in total. The molecular formula is C9H12ClNNaO2P. The van der Waals surface area contributed by atoms with Crippen LogP contribution in [0, 0.1) is 0 Å². The normalized spacial score (nSPS) is 14.1. The first-order valence-electron chi connectivity index (χ1n) is 4.29. The van der Waals surface area contributed by atoms with Gasteiger partial charge in [0.1, 0.15) is 0 Å². The van der Waals surface area contributed by atoms with Gasteiger partial charge in [0.15, 0.2) is 0 Å². The number of nitrogens with two attached hydrogens (primary N) is 1. The monoisotopic (exact) mass is 255 g/mol. The van der Waals surface area contributed by atoms with Gasteiger partial charge in [-0.05, 0) is 30.4 Å². The van der Waals surface area contributed by atoms with Gasteiger partial charge in [-0.1, -0.05) is 23.7 Å². The van der Waals surface area contributed by atoms with E-state index in [0.29, 0.717) is 11.6 Å². The second-order valence-electron chi connectivity index (χ2n) is 3.06. The van der Waals surface area contributed by atoms with E-state index >= 15 is 0 Å². The summed E-state index contributed by atoms with van der Waals surface area (Å²) >= 11 is 5.72. The second-order valence-corrected chi connectivity index (χ2v) is 4.65. The first-order chi connectivity index (χ1) is 6.63. The Labute approximate surface area is 117 Å². The van der Waals surface area contributed by atoms with Crippen LogP contribution in [0.1, 0.15) is 11.5 Å². The topological polar surface area (TPSA) is 66.2 Å². The molecule has 2 N–H and O–H groups in total. The van der Waals surface area contributed by atoms with Gasteiger partial charge in [-0.15, -0.1) is 0 Å². The van der Waals surface area contributed by atoms with E-state index in [9.17, 15) is 9.46 Å². The van der Waals surface area contributed by atoms with Crippen LogP contribution in [0.5, 0.6) is 0 Å². The van der Waals surface area contributed by atoms with Crippen molar-refractivity contribution in [3.8, 4) is 0 Å². The summed E-state index contributed by atoms with van der Waals surface area (Å²) in [5.74, 6) is -0.115. The summed E-state index contributed by atoms with van der Waals surface area (Å²) in [6.45, 7) is 0.334. The number of rotatable bonds is 4. The Kier molecular flexibility index (Phi) is 8.20. The maximum atomic E-state index is 10.6. The van der Waals surface area contributed by atoms with Crippen molar-refractivity contribution in [2.75, 3.05) is 12.7 Å². The number of benzene rings is 1. The van der Waals surface area contributed by atoms with Gasteiger partial charge in [-0.25, -0.2) is 0 Å². The fraction of sp³-hybridized carbons (Fsp3) is 0.333. The average Bonchev–Trinajstić information content (AvgIpc) is 2.15. The summed E-state index contributed by atoms with van der Waals surface area (Å²) in [4.78, 5) is 10.6. The zero-order valence-corrected chi connectivity index (χ0v) is 12.3. The Morgan fingerprint density at radius 2 is 1.93 bits per heavy atom. The fourth-order valence-electron chi connectivity index (χ4n) is 1.27. The van der Waals surface area contributed by atoms with E-state index in [1.54, 1.807) is 12.1 Å². The number of hydrogen-bond donors (Lipinski definition) is 1. The van der Waals surface area contributed by atoms with E-state index in [1.807, 2.05) is 12.1 Å². The molecule has 0 aliphatic carbocycles. The number of hydrogen-bond acceptors (Lipinski definition) is 3. The summed E-state index contributed by atoms with van der Waals surface area (Å²) < 4.78 is 10.6. The quantitative estimate of drug-likeness (QED) is 0.511. The molecule has 1 rings (SSSR count). The van der Waals surface area contributed by atoms with Crippen LogP contribution >= 0.6 is 19.6 Å². The van der Waals surface area contributed by atoms with Gasteiger partial charge in [0, 0.05) is 19.0 Å². The predicted molar refractivity (Wildman–Crippen MR) is 57.1 cm³/mol. The third kappa shape index (κ3) is 5.50. The maximum absolute atomic E-state index is 10.6. The smallest absolute Gasteiger partial charge is 0.802 e. The Balaban J connectivity index is 0.00000196. The molecular weight excluding hydrogens is 244 g/mol. The minimum absolute atomic E-state index is 0. The molecule has 1 aromatic rings. The van der Waals surface area contributed by atoms with Gasteiger partial charge in [0.2, 0.25) is 0 Å². The fourth-order valence-corrected chi connectivity index (χ4v) is 2.20. The first-order valence-corrected chi connectivity index (χ1v) is 6.19. The van der Waals surface area contributed by atoms with Gasteiger partial charge in [0.05, 0.1) is 0 Å². The van der Waals surface area contributed by atoms with E-state index in [-0.39, 0.29) is 41.6 Å². The molecule has 0 aliphatic rings. The molecule has 0 aliphatic heterocycles. The third-order valence-corrected chi connectivity index (χ3v) is 3.12. The molecule has 0 heterocycles. The second kappa shape index (κ2) is 7.86. The van der Waals surface area contributed by atoms with Crippen LogP contribution in [0.4, 0.5) is 0 Å². The minimum atomic E-state index is -2.72. The number of halogens is 1. The molecule has 0 fully saturated rings. The average molecular weight is 256 g/mol. The van der Waals surface area contributed by atoms with Gasteiger partial charge in [-0.3, -0.25) is 0 Å². The molecule has 2 atom stereocenters. The molecule has 78 valence electrons. The van der Waals surface area contributed by atoms with E-state index in [4.69, 9.17) is 17.3 Å². The molecule has 0 saturated carbocycles. The summed E-state index contributed by atoms with van der Waals surface area (Å²) in [5, 5.41) is 0.638. The molecule has 0 radical (unpaired) electrons. The summed E-state index contributed by atoms with van der Waals surface area (Å²) in [7, 11) is -2.72. The van der Waals surface area contributed by atoms with E-state index in [2.05, 4.69) is 0 Å². The van der Waals surface area contributed by atoms with Gasteiger partial charge in [0.25, 0.3) is 0 Å². The molecule has 0 saturated heterocycles. The molecule has 0 amide bonds. The van der Waals surface area contributed by atoms with Crippen LogP contribution in [-0.4, -0.2) is 12.7 Å². The van der Waals surface area contributed by atoms with Crippen LogP contribution < -0.4 is 40.2 Å². The molecule has 0 spiro atoms. The van der Waals surface area contributed by atoms with Crippen molar-refractivity contribution in [1.29, 1.82) is 0 Å². The molecule has 0 aromatic heterocycles. The molecule has 6 heteroatoms. The van der Waals surface area contributed by atoms with Crippen LogP contribution in [0.3, 0.4) is 0 Å².